The van der Waals surface area contributed by atoms with Crippen LogP contribution in [-0.2, 0) is 0 Å². The second-order valence-corrected chi connectivity index (χ2v) is 5.30. The second-order valence-electron chi connectivity index (χ2n) is 5.30. The number of aliphatic hydroxyl groups excluding tert-OH is 1. The Morgan fingerprint density at radius 3 is 2.80 bits per heavy atom. The van der Waals surface area contributed by atoms with Crippen molar-refractivity contribution in [2.75, 3.05) is 6.61 Å². The van der Waals surface area contributed by atoms with Gasteiger partial charge >= 0.3 is 0 Å². The van der Waals surface area contributed by atoms with Gasteiger partial charge in [-0.15, -0.1) is 0 Å². The number of benzene rings is 1. The normalized spacial score (nSPS) is 15.3. The predicted octanol–water partition coefficient (Wildman–Crippen LogP) is 2.40. The van der Waals surface area contributed by atoms with E-state index in [0.717, 1.165) is 24.0 Å². The SMILES string of the molecule is Cc1ccc(C#CCO)cc1C(=O)NC1CCCCC1. The van der Waals surface area contributed by atoms with Gasteiger partial charge < -0.3 is 10.4 Å². The van der Waals surface area contributed by atoms with E-state index in [2.05, 4.69) is 17.2 Å². The van der Waals surface area contributed by atoms with E-state index in [1.165, 1.54) is 19.3 Å². The lowest BCUT2D eigenvalue weighted by molar-refractivity contribution is 0.0927. The van der Waals surface area contributed by atoms with Gasteiger partial charge in [0.25, 0.3) is 5.91 Å². The van der Waals surface area contributed by atoms with Gasteiger partial charge in [0.1, 0.15) is 6.61 Å². The topological polar surface area (TPSA) is 49.3 Å². The van der Waals surface area contributed by atoms with E-state index in [1.807, 2.05) is 19.1 Å². The number of carbonyl (C=O) groups excluding carboxylic acids is 1. The first-order chi connectivity index (χ1) is 9.70. The molecule has 0 unspecified atom stereocenters. The van der Waals surface area contributed by atoms with Crippen molar-refractivity contribution in [3.05, 3.63) is 34.9 Å². The smallest absolute Gasteiger partial charge is 0.251 e. The van der Waals surface area contributed by atoms with Crippen LogP contribution in [0, 0.1) is 18.8 Å². The average Bonchev–Trinajstić information content (AvgIpc) is 2.47. The van der Waals surface area contributed by atoms with Crippen LogP contribution >= 0.6 is 0 Å². The Kier molecular flexibility index (Phi) is 5.20. The van der Waals surface area contributed by atoms with Gasteiger partial charge in [-0.05, 0) is 37.5 Å². The highest BCUT2D eigenvalue weighted by Gasteiger charge is 2.17. The third kappa shape index (κ3) is 3.85. The Morgan fingerprint density at radius 2 is 2.10 bits per heavy atom. The first kappa shape index (κ1) is 14.6. The highest BCUT2D eigenvalue weighted by atomic mass is 16.2. The van der Waals surface area contributed by atoms with E-state index >= 15 is 0 Å². The molecule has 3 nitrogen and oxygen atoms in total. The number of hydrogen-bond donors (Lipinski definition) is 2. The van der Waals surface area contributed by atoms with Gasteiger partial charge in [0, 0.05) is 17.2 Å². The Labute approximate surface area is 120 Å². The standard InChI is InChI=1S/C17H21NO2/c1-13-9-10-14(6-5-11-19)12-16(13)17(20)18-15-7-3-2-4-8-15/h9-10,12,15,19H,2-4,7-8,11H2,1H3,(H,18,20). The molecule has 1 aromatic rings. The van der Waals surface area contributed by atoms with Crippen LogP contribution in [0.15, 0.2) is 18.2 Å². The van der Waals surface area contributed by atoms with E-state index in [0.29, 0.717) is 11.6 Å². The van der Waals surface area contributed by atoms with Crippen molar-refractivity contribution in [1.29, 1.82) is 0 Å². The summed E-state index contributed by atoms with van der Waals surface area (Å²) >= 11 is 0. The minimum absolute atomic E-state index is 0.0120. The molecule has 0 saturated heterocycles. The molecule has 1 saturated carbocycles. The van der Waals surface area contributed by atoms with E-state index < -0.39 is 0 Å². The van der Waals surface area contributed by atoms with Crippen LogP contribution in [0.3, 0.4) is 0 Å². The summed E-state index contributed by atoms with van der Waals surface area (Å²) in [5.74, 6) is 5.43. The molecule has 1 aliphatic rings. The maximum atomic E-state index is 12.4. The van der Waals surface area contributed by atoms with Crippen molar-refractivity contribution in [3.63, 3.8) is 0 Å². The largest absolute Gasteiger partial charge is 0.384 e. The zero-order valence-electron chi connectivity index (χ0n) is 11.9. The lowest BCUT2D eigenvalue weighted by Gasteiger charge is -2.23. The summed E-state index contributed by atoms with van der Waals surface area (Å²) in [4.78, 5) is 12.4. The molecule has 0 spiro atoms. The third-order valence-electron chi connectivity index (χ3n) is 3.73. The quantitative estimate of drug-likeness (QED) is 0.812. The molecule has 1 aliphatic carbocycles. The number of carbonyl (C=O) groups is 1. The van der Waals surface area contributed by atoms with Crippen molar-refractivity contribution in [3.8, 4) is 11.8 Å². The van der Waals surface area contributed by atoms with Crippen molar-refractivity contribution in [2.45, 2.75) is 45.1 Å². The summed E-state index contributed by atoms with van der Waals surface area (Å²) in [7, 11) is 0. The number of aliphatic hydroxyl groups is 1. The summed E-state index contributed by atoms with van der Waals surface area (Å²) < 4.78 is 0. The predicted molar refractivity (Wildman–Crippen MR) is 79.5 cm³/mol. The minimum atomic E-state index is -0.169. The molecule has 1 amide bonds. The van der Waals surface area contributed by atoms with E-state index in [1.54, 1.807) is 6.07 Å². The molecule has 2 rings (SSSR count). The average molecular weight is 271 g/mol. The number of amides is 1. The van der Waals surface area contributed by atoms with Crippen LogP contribution in [0.2, 0.25) is 0 Å². The Balaban J connectivity index is 2.11. The Morgan fingerprint density at radius 1 is 1.35 bits per heavy atom. The molecule has 3 heteroatoms. The van der Waals surface area contributed by atoms with E-state index in [-0.39, 0.29) is 12.5 Å². The van der Waals surface area contributed by atoms with Crippen LogP contribution in [0.5, 0.6) is 0 Å². The first-order valence-corrected chi connectivity index (χ1v) is 7.22. The lowest BCUT2D eigenvalue weighted by atomic mass is 9.95. The van der Waals surface area contributed by atoms with Crippen LogP contribution in [0.25, 0.3) is 0 Å². The minimum Gasteiger partial charge on any atom is -0.384 e. The van der Waals surface area contributed by atoms with E-state index in [4.69, 9.17) is 5.11 Å². The fourth-order valence-corrected chi connectivity index (χ4v) is 2.60. The van der Waals surface area contributed by atoms with Crippen LogP contribution in [-0.4, -0.2) is 23.7 Å². The summed E-state index contributed by atoms with van der Waals surface area (Å²) in [5.41, 5.74) is 2.40. The molecular formula is C17H21NO2. The van der Waals surface area contributed by atoms with Gasteiger partial charge in [0.15, 0.2) is 0 Å². The van der Waals surface area contributed by atoms with Crippen LogP contribution in [0.1, 0.15) is 53.6 Å². The molecule has 1 aromatic carbocycles. The number of nitrogens with one attached hydrogen (secondary N) is 1. The zero-order chi connectivity index (χ0) is 14.4. The van der Waals surface area contributed by atoms with Crippen LogP contribution < -0.4 is 5.32 Å². The third-order valence-corrected chi connectivity index (χ3v) is 3.73. The summed E-state index contributed by atoms with van der Waals surface area (Å²) in [5, 5.41) is 11.8. The monoisotopic (exact) mass is 271 g/mol. The molecule has 0 heterocycles. The summed E-state index contributed by atoms with van der Waals surface area (Å²) in [6, 6.07) is 5.88. The fourth-order valence-electron chi connectivity index (χ4n) is 2.60. The molecule has 2 N–H and O–H groups in total. The fraction of sp³-hybridized carbons (Fsp3) is 0.471. The van der Waals surface area contributed by atoms with Gasteiger partial charge in [-0.3, -0.25) is 4.79 Å². The van der Waals surface area contributed by atoms with E-state index in [9.17, 15) is 4.79 Å². The van der Waals surface area contributed by atoms with Gasteiger partial charge in [0.2, 0.25) is 0 Å². The Hall–Kier alpha value is -1.79. The number of hydrogen-bond acceptors (Lipinski definition) is 2. The van der Waals surface area contributed by atoms with Gasteiger partial charge in [-0.1, -0.05) is 37.2 Å². The molecule has 0 radical (unpaired) electrons. The molecule has 106 valence electrons. The molecule has 0 atom stereocenters. The van der Waals surface area contributed by atoms with Gasteiger partial charge in [-0.2, -0.15) is 0 Å². The molecule has 0 aromatic heterocycles. The summed E-state index contributed by atoms with van der Waals surface area (Å²) in [6.45, 7) is 1.76. The molecular weight excluding hydrogens is 250 g/mol. The lowest BCUT2D eigenvalue weighted by Crippen LogP contribution is -2.36. The molecule has 0 bridgehead atoms. The van der Waals surface area contributed by atoms with Gasteiger partial charge in [0.05, 0.1) is 0 Å². The molecule has 1 fully saturated rings. The zero-order valence-corrected chi connectivity index (χ0v) is 11.9. The number of aryl methyl sites for hydroxylation is 1. The first-order valence-electron chi connectivity index (χ1n) is 7.22. The second kappa shape index (κ2) is 7.12. The molecule has 0 aliphatic heterocycles. The highest BCUT2D eigenvalue weighted by molar-refractivity contribution is 5.96. The van der Waals surface area contributed by atoms with Crippen molar-refractivity contribution >= 4 is 5.91 Å². The maximum Gasteiger partial charge on any atom is 0.251 e. The van der Waals surface area contributed by atoms with Crippen molar-refractivity contribution < 1.29 is 9.90 Å². The number of rotatable bonds is 2. The Bertz CT molecular complexity index is 534. The highest BCUT2D eigenvalue weighted by Crippen LogP contribution is 2.18. The van der Waals surface area contributed by atoms with Crippen LogP contribution in [0.4, 0.5) is 0 Å². The van der Waals surface area contributed by atoms with Crippen molar-refractivity contribution in [1.82, 2.24) is 5.32 Å². The van der Waals surface area contributed by atoms with Crippen molar-refractivity contribution in [2.24, 2.45) is 0 Å². The maximum absolute atomic E-state index is 12.4. The summed E-state index contributed by atoms with van der Waals surface area (Å²) in [6.07, 6.45) is 5.83. The van der Waals surface area contributed by atoms with Gasteiger partial charge in [-0.25, -0.2) is 0 Å². The molecule has 20 heavy (non-hydrogen) atoms.